The first-order valence-electron chi connectivity index (χ1n) is 5.97. The van der Waals surface area contributed by atoms with Crippen LogP contribution in [-0.2, 0) is 12.7 Å². The normalized spacial score (nSPS) is 11.0. The maximum atomic E-state index is 12.9. The molecular weight excluding hydrogens is 281 g/mol. The van der Waals surface area contributed by atoms with Crippen molar-refractivity contribution in [2.24, 2.45) is 0 Å². The van der Waals surface area contributed by atoms with Crippen LogP contribution in [-0.4, -0.2) is 4.98 Å². The zero-order valence-electron chi connectivity index (χ0n) is 10.8. The fourth-order valence-electron chi connectivity index (χ4n) is 1.84. The van der Waals surface area contributed by atoms with Gasteiger partial charge in [0, 0.05) is 12.7 Å². The Balaban J connectivity index is 2.24. The van der Waals surface area contributed by atoms with Crippen molar-refractivity contribution >= 4 is 11.5 Å². The second-order valence-electron chi connectivity index (χ2n) is 4.24. The van der Waals surface area contributed by atoms with Crippen LogP contribution in [0.4, 0.5) is 24.7 Å². The molecule has 2 rings (SSSR count). The molecule has 7 heteroatoms. The molecule has 2 aromatic rings. The van der Waals surface area contributed by atoms with E-state index in [4.69, 9.17) is 11.0 Å². The number of halogens is 3. The molecule has 21 heavy (non-hydrogen) atoms. The number of aromatic nitrogens is 1. The van der Waals surface area contributed by atoms with Gasteiger partial charge < -0.3 is 11.1 Å². The van der Waals surface area contributed by atoms with Crippen molar-refractivity contribution in [1.82, 2.24) is 4.98 Å². The van der Waals surface area contributed by atoms with Gasteiger partial charge in [-0.1, -0.05) is 18.2 Å². The first kappa shape index (κ1) is 14.7. The smallest absolute Gasteiger partial charge is 0.395 e. The Kier molecular flexibility index (Phi) is 3.98. The number of hydrogen-bond donors (Lipinski definition) is 2. The van der Waals surface area contributed by atoms with E-state index < -0.39 is 11.7 Å². The van der Waals surface area contributed by atoms with Crippen LogP contribution in [0.25, 0.3) is 0 Å². The maximum Gasteiger partial charge on any atom is 0.416 e. The number of benzene rings is 1. The van der Waals surface area contributed by atoms with Crippen molar-refractivity contribution in [3.05, 3.63) is 53.2 Å². The second-order valence-corrected chi connectivity index (χ2v) is 4.24. The van der Waals surface area contributed by atoms with Crippen molar-refractivity contribution in [2.45, 2.75) is 12.7 Å². The summed E-state index contributed by atoms with van der Waals surface area (Å²) in [4.78, 5) is 3.93. The van der Waals surface area contributed by atoms with Crippen molar-refractivity contribution < 1.29 is 13.2 Å². The highest BCUT2D eigenvalue weighted by Crippen LogP contribution is 2.32. The molecule has 0 aliphatic rings. The SMILES string of the molecule is N#Cc1ccnc(NCc2ccccc2C(F)(F)F)c1N. The molecule has 0 fully saturated rings. The number of nitrogen functional groups attached to an aromatic ring is 1. The van der Waals surface area contributed by atoms with Crippen LogP contribution in [0.2, 0.25) is 0 Å². The number of nitriles is 1. The van der Waals surface area contributed by atoms with Gasteiger partial charge in [-0.05, 0) is 17.7 Å². The van der Waals surface area contributed by atoms with Gasteiger partial charge in [-0.3, -0.25) is 0 Å². The second kappa shape index (κ2) is 5.71. The van der Waals surface area contributed by atoms with E-state index in [1.165, 1.54) is 30.5 Å². The Labute approximate surface area is 119 Å². The molecule has 0 saturated carbocycles. The summed E-state index contributed by atoms with van der Waals surface area (Å²) < 4.78 is 38.6. The summed E-state index contributed by atoms with van der Waals surface area (Å²) in [6.45, 7) is -0.0955. The van der Waals surface area contributed by atoms with Crippen LogP contribution in [0.1, 0.15) is 16.7 Å². The number of pyridine rings is 1. The van der Waals surface area contributed by atoms with Gasteiger partial charge in [-0.25, -0.2) is 4.98 Å². The predicted molar refractivity (Wildman–Crippen MR) is 72.1 cm³/mol. The standard InChI is InChI=1S/C14H11F3N4/c15-14(16,17)11-4-2-1-3-10(11)8-21-13-12(19)9(7-18)5-6-20-13/h1-6H,8,19H2,(H,20,21). The van der Waals surface area contributed by atoms with Crippen molar-refractivity contribution in [3.63, 3.8) is 0 Å². The lowest BCUT2D eigenvalue weighted by atomic mass is 10.1. The third kappa shape index (κ3) is 3.23. The van der Waals surface area contributed by atoms with Crippen LogP contribution in [0.5, 0.6) is 0 Å². The topological polar surface area (TPSA) is 74.7 Å². The Bertz CT molecular complexity index is 689. The maximum absolute atomic E-state index is 12.9. The number of nitrogens with two attached hydrogens (primary N) is 1. The van der Waals surface area contributed by atoms with E-state index in [2.05, 4.69) is 10.3 Å². The van der Waals surface area contributed by atoms with E-state index in [-0.39, 0.29) is 29.2 Å². The van der Waals surface area contributed by atoms with Crippen molar-refractivity contribution in [3.8, 4) is 6.07 Å². The summed E-state index contributed by atoms with van der Waals surface area (Å²) >= 11 is 0. The average molecular weight is 292 g/mol. The minimum atomic E-state index is -4.42. The predicted octanol–water partition coefficient (Wildman–Crippen LogP) is 3.17. The molecule has 1 heterocycles. The highest BCUT2D eigenvalue weighted by Gasteiger charge is 2.32. The van der Waals surface area contributed by atoms with Gasteiger partial charge in [0.1, 0.15) is 6.07 Å². The highest BCUT2D eigenvalue weighted by atomic mass is 19.4. The van der Waals surface area contributed by atoms with Gasteiger partial charge in [-0.15, -0.1) is 0 Å². The Morgan fingerprint density at radius 3 is 2.62 bits per heavy atom. The van der Waals surface area contributed by atoms with E-state index >= 15 is 0 Å². The van der Waals surface area contributed by atoms with Crippen molar-refractivity contribution in [1.29, 1.82) is 5.26 Å². The van der Waals surface area contributed by atoms with E-state index in [0.29, 0.717) is 0 Å². The summed E-state index contributed by atoms with van der Waals surface area (Å²) in [5.41, 5.74) is 5.41. The molecule has 0 atom stereocenters. The quantitative estimate of drug-likeness (QED) is 0.911. The van der Waals surface area contributed by atoms with Gasteiger partial charge in [0.05, 0.1) is 16.8 Å². The monoisotopic (exact) mass is 292 g/mol. The van der Waals surface area contributed by atoms with Gasteiger partial charge >= 0.3 is 6.18 Å². The minimum Gasteiger partial charge on any atom is -0.395 e. The van der Waals surface area contributed by atoms with E-state index in [9.17, 15) is 13.2 Å². The van der Waals surface area contributed by atoms with Crippen LogP contribution in [0.3, 0.4) is 0 Å². The fraction of sp³-hybridized carbons (Fsp3) is 0.143. The van der Waals surface area contributed by atoms with Crippen LogP contribution in [0.15, 0.2) is 36.5 Å². The summed E-state index contributed by atoms with van der Waals surface area (Å²) in [6.07, 6.45) is -3.06. The number of nitrogens with zero attached hydrogens (tertiary/aromatic N) is 2. The third-order valence-corrected chi connectivity index (χ3v) is 2.88. The first-order valence-corrected chi connectivity index (χ1v) is 5.97. The van der Waals surface area contributed by atoms with Gasteiger partial charge in [0.2, 0.25) is 0 Å². The van der Waals surface area contributed by atoms with Crippen LogP contribution in [0, 0.1) is 11.3 Å². The third-order valence-electron chi connectivity index (χ3n) is 2.88. The molecular formula is C14H11F3N4. The van der Waals surface area contributed by atoms with E-state index in [0.717, 1.165) is 6.07 Å². The molecule has 0 unspecified atom stereocenters. The molecule has 4 nitrogen and oxygen atoms in total. The largest absolute Gasteiger partial charge is 0.416 e. The molecule has 1 aromatic carbocycles. The first-order chi connectivity index (χ1) is 9.93. The molecule has 3 N–H and O–H groups in total. The number of anilines is 2. The molecule has 0 amide bonds. The Morgan fingerprint density at radius 2 is 1.95 bits per heavy atom. The number of nitrogens with one attached hydrogen (secondary N) is 1. The van der Waals surface area contributed by atoms with Crippen LogP contribution >= 0.6 is 0 Å². The average Bonchev–Trinajstić information content (AvgIpc) is 2.45. The molecule has 0 saturated heterocycles. The number of rotatable bonds is 3. The molecule has 0 spiro atoms. The lowest BCUT2D eigenvalue weighted by Gasteiger charge is -2.14. The Morgan fingerprint density at radius 1 is 1.24 bits per heavy atom. The van der Waals surface area contributed by atoms with Crippen LogP contribution < -0.4 is 11.1 Å². The summed E-state index contributed by atoms with van der Waals surface area (Å²) in [6, 6.07) is 8.56. The number of hydrogen-bond acceptors (Lipinski definition) is 4. The summed E-state index contributed by atoms with van der Waals surface area (Å²) in [5, 5.41) is 11.6. The zero-order chi connectivity index (χ0) is 15.5. The van der Waals surface area contributed by atoms with Gasteiger partial charge in [-0.2, -0.15) is 18.4 Å². The number of alkyl halides is 3. The lowest BCUT2D eigenvalue weighted by Crippen LogP contribution is -2.12. The minimum absolute atomic E-state index is 0.0774. The van der Waals surface area contributed by atoms with Gasteiger partial charge in [0.15, 0.2) is 5.82 Å². The zero-order valence-corrected chi connectivity index (χ0v) is 10.8. The molecule has 0 aliphatic carbocycles. The molecule has 108 valence electrons. The van der Waals surface area contributed by atoms with Gasteiger partial charge in [0.25, 0.3) is 0 Å². The van der Waals surface area contributed by atoms with Crippen molar-refractivity contribution in [2.75, 3.05) is 11.1 Å². The molecule has 1 aromatic heterocycles. The molecule has 0 bridgehead atoms. The lowest BCUT2D eigenvalue weighted by molar-refractivity contribution is -0.138. The highest BCUT2D eigenvalue weighted by molar-refractivity contribution is 5.68. The van der Waals surface area contributed by atoms with E-state index in [1.54, 1.807) is 0 Å². The summed E-state index contributed by atoms with van der Waals surface area (Å²) in [5.74, 6) is 0.186. The fourth-order valence-corrected chi connectivity index (χ4v) is 1.84. The van der Waals surface area contributed by atoms with E-state index in [1.807, 2.05) is 6.07 Å². The Hall–Kier alpha value is -2.75. The molecule has 0 aliphatic heterocycles. The molecule has 0 radical (unpaired) electrons. The summed E-state index contributed by atoms with van der Waals surface area (Å²) in [7, 11) is 0.